The highest BCUT2D eigenvalue weighted by Gasteiger charge is 2.27. The van der Waals surface area contributed by atoms with Crippen LogP contribution in [0.15, 0.2) is 23.4 Å². The Morgan fingerprint density at radius 3 is 2.95 bits per heavy atom. The maximum Gasteiger partial charge on any atom is 0.172 e. The number of oxime groups is 1. The van der Waals surface area contributed by atoms with E-state index in [2.05, 4.69) is 15.0 Å². The van der Waals surface area contributed by atoms with E-state index in [1.54, 1.807) is 6.07 Å². The molecule has 0 aliphatic carbocycles. The lowest BCUT2D eigenvalue weighted by atomic mass is 10.1. The highest BCUT2D eigenvalue weighted by Crippen LogP contribution is 2.29. The molecular weight excluding hydrogens is 259 g/mol. The Labute approximate surface area is 118 Å². The van der Waals surface area contributed by atoms with Gasteiger partial charge in [-0.25, -0.2) is 4.39 Å². The number of anilines is 1. The van der Waals surface area contributed by atoms with Gasteiger partial charge in [-0.1, -0.05) is 5.16 Å². The van der Waals surface area contributed by atoms with Gasteiger partial charge < -0.3 is 20.7 Å². The molecule has 1 saturated heterocycles. The zero-order chi connectivity index (χ0) is 14.7. The van der Waals surface area contributed by atoms with E-state index in [0.717, 1.165) is 31.6 Å². The van der Waals surface area contributed by atoms with Gasteiger partial charge in [0.25, 0.3) is 0 Å². The number of nitrogens with two attached hydrogens (primary N) is 1. The van der Waals surface area contributed by atoms with Gasteiger partial charge in [0.05, 0.1) is 0 Å². The molecule has 6 heteroatoms. The van der Waals surface area contributed by atoms with Crippen molar-refractivity contribution in [1.82, 2.24) is 4.90 Å². The zero-order valence-corrected chi connectivity index (χ0v) is 11.9. The Hall–Kier alpha value is -1.82. The lowest BCUT2D eigenvalue weighted by Gasteiger charge is -2.30. The molecule has 110 valence electrons. The normalized spacial score (nSPS) is 19.9. The van der Waals surface area contributed by atoms with Crippen LogP contribution >= 0.6 is 0 Å². The fourth-order valence-electron chi connectivity index (χ4n) is 2.78. The number of halogens is 1. The number of benzene rings is 1. The van der Waals surface area contributed by atoms with Gasteiger partial charge in [0.2, 0.25) is 0 Å². The molecule has 5 nitrogen and oxygen atoms in total. The van der Waals surface area contributed by atoms with E-state index in [-0.39, 0.29) is 5.84 Å². The van der Waals surface area contributed by atoms with E-state index in [4.69, 9.17) is 10.9 Å². The van der Waals surface area contributed by atoms with E-state index in [9.17, 15) is 4.39 Å². The maximum absolute atomic E-state index is 13.4. The van der Waals surface area contributed by atoms with Crippen molar-refractivity contribution in [3.63, 3.8) is 0 Å². The van der Waals surface area contributed by atoms with Crippen LogP contribution in [0.1, 0.15) is 18.4 Å². The third-order valence-corrected chi connectivity index (χ3v) is 3.60. The van der Waals surface area contributed by atoms with E-state index in [0.29, 0.717) is 11.6 Å². The molecule has 20 heavy (non-hydrogen) atoms. The zero-order valence-electron chi connectivity index (χ0n) is 11.9. The van der Waals surface area contributed by atoms with Crippen LogP contribution in [-0.4, -0.2) is 49.2 Å². The van der Waals surface area contributed by atoms with Crippen molar-refractivity contribution >= 4 is 11.5 Å². The molecule has 0 amide bonds. The van der Waals surface area contributed by atoms with Crippen molar-refractivity contribution in [2.45, 2.75) is 18.9 Å². The molecule has 1 aliphatic heterocycles. The second-order valence-electron chi connectivity index (χ2n) is 5.40. The summed E-state index contributed by atoms with van der Waals surface area (Å²) in [6.45, 7) is 1.82. The molecule has 1 aromatic rings. The monoisotopic (exact) mass is 280 g/mol. The molecule has 0 saturated carbocycles. The average Bonchev–Trinajstić information content (AvgIpc) is 2.85. The Bertz CT molecular complexity index is 504. The van der Waals surface area contributed by atoms with Gasteiger partial charge in [-0.2, -0.15) is 0 Å². The van der Waals surface area contributed by atoms with Crippen molar-refractivity contribution in [1.29, 1.82) is 0 Å². The Morgan fingerprint density at radius 1 is 1.55 bits per heavy atom. The lowest BCUT2D eigenvalue weighted by molar-refractivity contribution is 0.318. The number of rotatable bonds is 4. The molecule has 0 bridgehead atoms. The molecule has 2 rings (SSSR count). The van der Waals surface area contributed by atoms with E-state index < -0.39 is 5.82 Å². The first-order chi connectivity index (χ1) is 9.52. The first-order valence-electron chi connectivity index (χ1n) is 6.71. The van der Waals surface area contributed by atoms with Crippen LogP contribution in [-0.2, 0) is 0 Å². The fourth-order valence-corrected chi connectivity index (χ4v) is 2.78. The van der Waals surface area contributed by atoms with Crippen LogP contribution in [0.4, 0.5) is 10.1 Å². The van der Waals surface area contributed by atoms with Crippen molar-refractivity contribution in [3.05, 3.63) is 29.6 Å². The number of likely N-dealkylation sites (N-methyl/N-ethyl adjacent to an activating group) is 1. The van der Waals surface area contributed by atoms with Crippen molar-refractivity contribution in [2.75, 3.05) is 32.1 Å². The Kier molecular flexibility index (Phi) is 4.44. The van der Waals surface area contributed by atoms with Gasteiger partial charge in [-0.05, 0) is 45.1 Å². The second-order valence-corrected chi connectivity index (χ2v) is 5.40. The quantitative estimate of drug-likeness (QED) is 0.379. The summed E-state index contributed by atoms with van der Waals surface area (Å²) in [6, 6.07) is 4.79. The summed E-state index contributed by atoms with van der Waals surface area (Å²) in [5, 5.41) is 11.9. The summed E-state index contributed by atoms with van der Waals surface area (Å²) in [5.41, 5.74) is 6.94. The third kappa shape index (κ3) is 3.01. The standard InChI is InChI=1S/C14H21FN4O/c1-18(2)9-11-4-3-7-19(11)13-6-5-10(15)8-12(13)14(16)17-20/h5-6,8,11,20H,3-4,7,9H2,1-2H3,(H2,16,17). The number of amidine groups is 1. The molecule has 0 spiro atoms. The van der Waals surface area contributed by atoms with E-state index in [1.165, 1.54) is 12.1 Å². The summed E-state index contributed by atoms with van der Waals surface area (Å²) >= 11 is 0. The van der Waals surface area contributed by atoms with Gasteiger partial charge in [-0.15, -0.1) is 0 Å². The summed E-state index contributed by atoms with van der Waals surface area (Å²) < 4.78 is 13.4. The van der Waals surface area contributed by atoms with Gasteiger partial charge in [0.1, 0.15) is 5.82 Å². The van der Waals surface area contributed by atoms with E-state index >= 15 is 0 Å². The minimum absolute atomic E-state index is 0.0602. The lowest BCUT2D eigenvalue weighted by Crippen LogP contribution is -2.38. The number of hydrogen-bond donors (Lipinski definition) is 2. The predicted octanol–water partition coefficient (Wildman–Crippen LogP) is 1.45. The van der Waals surface area contributed by atoms with E-state index in [1.807, 2.05) is 14.1 Å². The molecule has 1 unspecified atom stereocenters. The molecule has 1 atom stereocenters. The second kappa shape index (κ2) is 6.09. The van der Waals surface area contributed by atoms with Crippen molar-refractivity contribution in [2.24, 2.45) is 10.9 Å². The van der Waals surface area contributed by atoms with Gasteiger partial charge in [0, 0.05) is 30.4 Å². The highest BCUT2D eigenvalue weighted by molar-refractivity contribution is 6.02. The van der Waals surface area contributed by atoms with Crippen molar-refractivity contribution in [3.8, 4) is 0 Å². The van der Waals surface area contributed by atoms with Gasteiger partial charge in [-0.3, -0.25) is 0 Å². The molecule has 1 heterocycles. The molecule has 1 aromatic carbocycles. The molecule has 0 radical (unpaired) electrons. The maximum atomic E-state index is 13.4. The average molecular weight is 280 g/mol. The molecular formula is C14H21FN4O. The van der Waals surface area contributed by atoms with Crippen LogP contribution in [0.2, 0.25) is 0 Å². The molecule has 1 aliphatic rings. The highest BCUT2D eigenvalue weighted by atomic mass is 19.1. The number of hydrogen-bond acceptors (Lipinski definition) is 4. The molecule has 3 N–H and O–H groups in total. The largest absolute Gasteiger partial charge is 0.409 e. The first kappa shape index (κ1) is 14.6. The topological polar surface area (TPSA) is 65.1 Å². The smallest absolute Gasteiger partial charge is 0.172 e. The van der Waals surface area contributed by atoms with Gasteiger partial charge >= 0.3 is 0 Å². The summed E-state index contributed by atoms with van der Waals surface area (Å²) in [4.78, 5) is 4.35. The van der Waals surface area contributed by atoms with Crippen LogP contribution in [0.25, 0.3) is 0 Å². The van der Waals surface area contributed by atoms with Gasteiger partial charge in [0.15, 0.2) is 5.84 Å². The summed E-state index contributed by atoms with van der Waals surface area (Å²) in [5.74, 6) is -0.450. The predicted molar refractivity (Wildman–Crippen MR) is 77.8 cm³/mol. The van der Waals surface area contributed by atoms with Crippen LogP contribution in [0, 0.1) is 5.82 Å². The van der Waals surface area contributed by atoms with Crippen molar-refractivity contribution < 1.29 is 9.60 Å². The number of nitrogens with zero attached hydrogens (tertiary/aromatic N) is 3. The summed E-state index contributed by atoms with van der Waals surface area (Å²) in [7, 11) is 4.07. The Morgan fingerprint density at radius 2 is 2.30 bits per heavy atom. The minimum atomic E-state index is -0.390. The first-order valence-corrected chi connectivity index (χ1v) is 6.71. The van der Waals surface area contributed by atoms with Crippen LogP contribution in [0.5, 0.6) is 0 Å². The fraction of sp³-hybridized carbons (Fsp3) is 0.500. The third-order valence-electron chi connectivity index (χ3n) is 3.60. The summed E-state index contributed by atoms with van der Waals surface area (Å²) in [6.07, 6.45) is 2.18. The van der Waals surface area contributed by atoms with Crippen LogP contribution in [0.3, 0.4) is 0 Å². The SMILES string of the molecule is CN(C)CC1CCCN1c1ccc(F)cc1C(N)=NO. The van der Waals surface area contributed by atoms with Crippen LogP contribution < -0.4 is 10.6 Å². The molecule has 0 aromatic heterocycles. The Balaban J connectivity index is 2.36. The minimum Gasteiger partial charge on any atom is -0.409 e. The molecule has 1 fully saturated rings.